The predicted molar refractivity (Wildman–Crippen MR) is 70.1 cm³/mol. The number of carbonyl (C=O) groups is 1. The van der Waals surface area contributed by atoms with E-state index in [9.17, 15) is 4.79 Å². The fourth-order valence-corrected chi connectivity index (χ4v) is 2.28. The van der Waals surface area contributed by atoms with Crippen LogP contribution < -0.4 is 10.6 Å². The molecule has 0 unspecified atom stereocenters. The molecular weight excluding hydrogens is 228 g/mol. The van der Waals surface area contributed by atoms with Gasteiger partial charge in [0.25, 0.3) is 0 Å². The molecule has 0 aliphatic heterocycles. The van der Waals surface area contributed by atoms with Crippen LogP contribution in [0.2, 0.25) is 0 Å². The van der Waals surface area contributed by atoms with Crippen LogP contribution in [0.4, 0.5) is 5.82 Å². The summed E-state index contributed by atoms with van der Waals surface area (Å²) >= 11 is 0. The second-order valence-corrected chi connectivity index (χ2v) is 4.64. The van der Waals surface area contributed by atoms with Crippen LogP contribution in [0.1, 0.15) is 32.1 Å². The monoisotopic (exact) mass is 248 g/mol. The second-order valence-electron chi connectivity index (χ2n) is 4.64. The van der Waals surface area contributed by atoms with Crippen LogP contribution in [-0.2, 0) is 4.79 Å². The lowest BCUT2D eigenvalue weighted by Crippen LogP contribution is -2.35. The van der Waals surface area contributed by atoms with Crippen molar-refractivity contribution < 1.29 is 4.79 Å². The van der Waals surface area contributed by atoms with Gasteiger partial charge in [-0.05, 0) is 12.8 Å². The average molecular weight is 248 g/mol. The maximum absolute atomic E-state index is 11.8. The van der Waals surface area contributed by atoms with Crippen molar-refractivity contribution in [3.63, 3.8) is 0 Å². The van der Waals surface area contributed by atoms with Crippen molar-refractivity contribution in [3.8, 4) is 0 Å². The average Bonchev–Trinajstić information content (AvgIpc) is 2.45. The summed E-state index contributed by atoms with van der Waals surface area (Å²) in [5.41, 5.74) is 0. The van der Waals surface area contributed by atoms with Crippen LogP contribution in [0.25, 0.3) is 0 Å². The molecule has 1 aliphatic carbocycles. The smallest absolute Gasteiger partial charge is 0.223 e. The van der Waals surface area contributed by atoms with Gasteiger partial charge in [-0.15, -0.1) is 0 Å². The Morgan fingerprint density at radius 2 is 2.06 bits per heavy atom. The molecule has 1 heterocycles. The molecule has 1 saturated carbocycles. The topological polar surface area (TPSA) is 66.9 Å². The molecule has 2 N–H and O–H groups in total. The van der Waals surface area contributed by atoms with Crippen molar-refractivity contribution in [3.05, 3.63) is 18.6 Å². The lowest BCUT2D eigenvalue weighted by atomic mass is 9.89. The van der Waals surface area contributed by atoms with Gasteiger partial charge in [0.1, 0.15) is 5.82 Å². The first-order chi connectivity index (χ1) is 8.86. The number of hydrogen-bond acceptors (Lipinski definition) is 4. The Balaban J connectivity index is 1.61. The molecule has 0 atom stereocenters. The fourth-order valence-electron chi connectivity index (χ4n) is 2.28. The lowest BCUT2D eigenvalue weighted by Gasteiger charge is -2.20. The summed E-state index contributed by atoms with van der Waals surface area (Å²) in [5.74, 6) is 1.18. The second kappa shape index (κ2) is 6.93. The zero-order valence-corrected chi connectivity index (χ0v) is 10.6. The highest BCUT2D eigenvalue weighted by molar-refractivity contribution is 5.78. The molecule has 1 aromatic rings. The van der Waals surface area contributed by atoms with E-state index < -0.39 is 0 Å². The normalized spacial score (nSPS) is 16.2. The van der Waals surface area contributed by atoms with Crippen molar-refractivity contribution in [1.29, 1.82) is 0 Å². The third-order valence-electron chi connectivity index (χ3n) is 3.27. The first kappa shape index (κ1) is 12.8. The van der Waals surface area contributed by atoms with Gasteiger partial charge in [0, 0.05) is 31.4 Å². The van der Waals surface area contributed by atoms with Crippen LogP contribution in [0.15, 0.2) is 18.6 Å². The molecule has 18 heavy (non-hydrogen) atoms. The highest BCUT2D eigenvalue weighted by Crippen LogP contribution is 2.23. The standard InChI is InChI=1S/C13H20N4O/c18-13(11-4-2-1-3-5-11)17-9-8-16-12-10-14-6-7-15-12/h6-7,10-11H,1-5,8-9H2,(H,15,16)(H,17,18). The summed E-state index contributed by atoms with van der Waals surface area (Å²) in [5, 5.41) is 6.09. The van der Waals surface area contributed by atoms with E-state index in [-0.39, 0.29) is 11.8 Å². The number of amides is 1. The quantitative estimate of drug-likeness (QED) is 0.776. The van der Waals surface area contributed by atoms with Gasteiger partial charge in [0.05, 0.1) is 6.20 Å². The molecule has 2 rings (SSSR count). The lowest BCUT2D eigenvalue weighted by molar-refractivity contribution is -0.125. The largest absolute Gasteiger partial charge is 0.367 e. The molecular formula is C13H20N4O. The van der Waals surface area contributed by atoms with E-state index in [2.05, 4.69) is 20.6 Å². The highest BCUT2D eigenvalue weighted by atomic mass is 16.1. The van der Waals surface area contributed by atoms with Crippen molar-refractivity contribution in [2.45, 2.75) is 32.1 Å². The van der Waals surface area contributed by atoms with Gasteiger partial charge in [-0.2, -0.15) is 0 Å². The van der Waals surface area contributed by atoms with Gasteiger partial charge in [-0.3, -0.25) is 9.78 Å². The van der Waals surface area contributed by atoms with Gasteiger partial charge >= 0.3 is 0 Å². The van der Waals surface area contributed by atoms with Crippen LogP contribution in [0.5, 0.6) is 0 Å². The number of carbonyl (C=O) groups excluding carboxylic acids is 1. The molecule has 0 radical (unpaired) electrons. The van der Waals surface area contributed by atoms with Gasteiger partial charge in [-0.1, -0.05) is 19.3 Å². The van der Waals surface area contributed by atoms with Gasteiger partial charge in [-0.25, -0.2) is 4.98 Å². The van der Waals surface area contributed by atoms with Crippen LogP contribution in [-0.4, -0.2) is 29.0 Å². The number of anilines is 1. The third-order valence-corrected chi connectivity index (χ3v) is 3.27. The van der Waals surface area contributed by atoms with Crippen molar-refractivity contribution in [2.75, 3.05) is 18.4 Å². The number of rotatable bonds is 5. The van der Waals surface area contributed by atoms with E-state index in [1.165, 1.54) is 19.3 Å². The number of nitrogens with zero attached hydrogens (tertiary/aromatic N) is 2. The summed E-state index contributed by atoms with van der Waals surface area (Å²) in [6.45, 7) is 1.31. The molecule has 1 aromatic heterocycles. The summed E-state index contributed by atoms with van der Waals surface area (Å²) in [6.07, 6.45) is 10.7. The summed E-state index contributed by atoms with van der Waals surface area (Å²) in [6, 6.07) is 0. The summed E-state index contributed by atoms with van der Waals surface area (Å²) in [4.78, 5) is 19.9. The Hall–Kier alpha value is -1.65. The minimum absolute atomic E-state index is 0.204. The zero-order chi connectivity index (χ0) is 12.6. The highest BCUT2D eigenvalue weighted by Gasteiger charge is 2.20. The molecule has 5 nitrogen and oxygen atoms in total. The third kappa shape index (κ3) is 3.98. The Bertz CT molecular complexity index is 363. The Kier molecular flexibility index (Phi) is 4.93. The minimum atomic E-state index is 0.204. The van der Waals surface area contributed by atoms with Crippen LogP contribution >= 0.6 is 0 Å². The van der Waals surface area contributed by atoms with Crippen molar-refractivity contribution >= 4 is 11.7 Å². The Morgan fingerprint density at radius 1 is 1.22 bits per heavy atom. The van der Waals surface area contributed by atoms with Gasteiger partial charge < -0.3 is 10.6 Å². The fraction of sp³-hybridized carbons (Fsp3) is 0.615. The molecule has 98 valence electrons. The van der Waals surface area contributed by atoms with Crippen molar-refractivity contribution in [1.82, 2.24) is 15.3 Å². The van der Waals surface area contributed by atoms with E-state index in [0.29, 0.717) is 13.1 Å². The Labute approximate surface area is 107 Å². The van der Waals surface area contributed by atoms with Crippen molar-refractivity contribution in [2.24, 2.45) is 5.92 Å². The van der Waals surface area contributed by atoms with Gasteiger partial charge in [0.2, 0.25) is 5.91 Å². The minimum Gasteiger partial charge on any atom is -0.367 e. The molecule has 1 amide bonds. The molecule has 1 fully saturated rings. The van der Waals surface area contributed by atoms with E-state index >= 15 is 0 Å². The zero-order valence-electron chi connectivity index (χ0n) is 10.6. The van der Waals surface area contributed by atoms with E-state index in [1.54, 1.807) is 18.6 Å². The number of nitrogens with one attached hydrogen (secondary N) is 2. The molecule has 1 aliphatic rings. The molecule has 0 saturated heterocycles. The molecule has 0 aromatic carbocycles. The van der Waals surface area contributed by atoms with E-state index in [4.69, 9.17) is 0 Å². The molecule has 0 spiro atoms. The first-order valence-corrected chi connectivity index (χ1v) is 6.64. The predicted octanol–water partition coefficient (Wildman–Crippen LogP) is 1.58. The molecule has 5 heteroatoms. The van der Waals surface area contributed by atoms with Crippen LogP contribution in [0, 0.1) is 5.92 Å². The summed E-state index contributed by atoms with van der Waals surface area (Å²) < 4.78 is 0. The summed E-state index contributed by atoms with van der Waals surface area (Å²) in [7, 11) is 0. The maximum Gasteiger partial charge on any atom is 0.223 e. The number of hydrogen-bond donors (Lipinski definition) is 2. The van der Waals surface area contributed by atoms with E-state index in [1.807, 2.05) is 0 Å². The molecule has 0 bridgehead atoms. The van der Waals surface area contributed by atoms with Gasteiger partial charge in [0.15, 0.2) is 0 Å². The first-order valence-electron chi connectivity index (χ1n) is 6.64. The maximum atomic E-state index is 11.8. The SMILES string of the molecule is O=C(NCCNc1cnccn1)C1CCCCC1. The Morgan fingerprint density at radius 3 is 2.78 bits per heavy atom. The van der Waals surface area contributed by atoms with E-state index in [0.717, 1.165) is 18.7 Å². The van der Waals surface area contributed by atoms with Crippen LogP contribution in [0.3, 0.4) is 0 Å². The number of aromatic nitrogens is 2.